The maximum Gasteiger partial charge on any atom is 0.337 e. The summed E-state index contributed by atoms with van der Waals surface area (Å²) in [7, 11) is 1.37. The molecular formula is C42H48N4O6S. The monoisotopic (exact) mass is 736 g/mol. The maximum absolute atomic E-state index is 13.9. The number of anilines is 2. The van der Waals surface area contributed by atoms with Crippen molar-refractivity contribution < 1.29 is 28.7 Å². The smallest absolute Gasteiger partial charge is 0.337 e. The van der Waals surface area contributed by atoms with Gasteiger partial charge in [-0.1, -0.05) is 36.4 Å². The van der Waals surface area contributed by atoms with Crippen LogP contribution in [-0.2, 0) is 46.5 Å². The third-order valence-electron chi connectivity index (χ3n) is 9.70. The maximum atomic E-state index is 13.9. The Morgan fingerprint density at radius 3 is 2.25 bits per heavy atom. The van der Waals surface area contributed by atoms with Crippen molar-refractivity contribution in [2.45, 2.75) is 70.9 Å². The zero-order valence-corrected chi connectivity index (χ0v) is 31.3. The van der Waals surface area contributed by atoms with E-state index in [0.29, 0.717) is 53.1 Å². The molecule has 10 nitrogen and oxygen atoms in total. The fourth-order valence-electron chi connectivity index (χ4n) is 6.73. The number of nitrogens with zero attached hydrogens (tertiary/aromatic N) is 1. The first-order valence-corrected chi connectivity index (χ1v) is 19.4. The van der Waals surface area contributed by atoms with Crippen LogP contribution >= 0.6 is 11.3 Å². The molecule has 6 rings (SSSR count). The number of thiophene rings is 1. The largest absolute Gasteiger partial charge is 0.465 e. The second-order valence-corrected chi connectivity index (χ2v) is 14.7. The summed E-state index contributed by atoms with van der Waals surface area (Å²) in [6.45, 7) is 4.53. The molecule has 11 heteroatoms. The number of nitrogens with one attached hydrogen (secondary N) is 3. The van der Waals surface area contributed by atoms with Crippen molar-refractivity contribution in [2.75, 3.05) is 44.0 Å². The molecule has 0 spiro atoms. The van der Waals surface area contributed by atoms with Crippen LogP contribution < -0.4 is 16.0 Å². The van der Waals surface area contributed by atoms with Gasteiger partial charge in [-0.2, -0.15) is 0 Å². The summed E-state index contributed by atoms with van der Waals surface area (Å²) in [5, 5.41) is 9.96. The third-order valence-corrected chi connectivity index (χ3v) is 10.9. The number of ether oxygens (including phenoxy) is 2. The molecule has 0 radical (unpaired) electrons. The molecule has 0 bridgehead atoms. The molecule has 2 amide bonds. The van der Waals surface area contributed by atoms with Crippen LogP contribution in [0.2, 0.25) is 0 Å². The molecule has 0 atom stereocenters. The Bertz CT molecular complexity index is 1900. The van der Waals surface area contributed by atoms with Crippen LogP contribution in [0.5, 0.6) is 0 Å². The van der Waals surface area contributed by atoms with E-state index in [1.807, 2.05) is 60.7 Å². The van der Waals surface area contributed by atoms with Crippen molar-refractivity contribution in [1.29, 1.82) is 0 Å². The van der Waals surface area contributed by atoms with E-state index in [1.54, 1.807) is 19.1 Å². The molecule has 1 aromatic heterocycles. The van der Waals surface area contributed by atoms with Crippen LogP contribution in [0.1, 0.15) is 90.8 Å². The number of benzene rings is 3. The van der Waals surface area contributed by atoms with E-state index in [1.165, 1.54) is 18.4 Å². The summed E-state index contributed by atoms with van der Waals surface area (Å²) in [6.07, 6.45) is 7.70. The van der Waals surface area contributed by atoms with Gasteiger partial charge in [-0.3, -0.25) is 19.3 Å². The van der Waals surface area contributed by atoms with Crippen LogP contribution in [0.3, 0.4) is 0 Å². The average Bonchev–Trinajstić information content (AvgIpc) is 3.96. The van der Waals surface area contributed by atoms with Crippen LogP contribution in [0.25, 0.3) is 0 Å². The summed E-state index contributed by atoms with van der Waals surface area (Å²) in [6, 6.07) is 23.5. The number of fused-ring (bicyclic) bond motifs is 1. The fraction of sp³-hybridized carbons (Fsp3) is 0.381. The number of methoxy groups -OCH3 is 1. The number of hydrogen-bond donors (Lipinski definition) is 3. The van der Waals surface area contributed by atoms with Crippen molar-refractivity contribution in [3.05, 3.63) is 117 Å². The van der Waals surface area contributed by atoms with E-state index in [0.717, 1.165) is 85.0 Å². The second-order valence-electron chi connectivity index (χ2n) is 13.6. The zero-order valence-electron chi connectivity index (χ0n) is 30.5. The molecule has 1 fully saturated rings. The molecule has 2 aliphatic rings. The number of carbonyl (C=O) groups excluding carboxylic acids is 4. The number of amides is 2. The van der Waals surface area contributed by atoms with Gasteiger partial charge in [-0.25, -0.2) is 4.79 Å². The third kappa shape index (κ3) is 10.4. The van der Waals surface area contributed by atoms with Gasteiger partial charge in [0.1, 0.15) is 5.00 Å². The Morgan fingerprint density at radius 2 is 1.55 bits per heavy atom. The van der Waals surface area contributed by atoms with Crippen molar-refractivity contribution in [2.24, 2.45) is 0 Å². The highest BCUT2D eigenvalue weighted by molar-refractivity contribution is 7.17. The lowest BCUT2D eigenvalue weighted by atomic mass is 9.95. The quantitative estimate of drug-likeness (QED) is 0.0797. The van der Waals surface area contributed by atoms with Gasteiger partial charge in [-0.05, 0) is 117 Å². The van der Waals surface area contributed by atoms with E-state index in [9.17, 15) is 19.2 Å². The fourth-order valence-corrected chi connectivity index (χ4v) is 8.01. The van der Waals surface area contributed by atoms with Gasteiger partial charge in [0.2, 0.25) is 0 Å². The first-order valence-electron chi connectivity index (χ1n) is 18.5. The Balaban J connectivity index is 1.08. The summed E-state index contributed by atoms with van der Waals surface area (Å²) < 4.78 is 9.78. The van der Waals surface area contributed by atoms with Crippen molar-refractivity contribution in [3.8, 4) is 0 Å². The van der Waals surface area contributed by atoms with Crippen molar-refractivity contribution in [3.63, 3.8) is 0 Å². The number of aryl methyl sites for hydroxylation is 3. The molecule has 0 aliphatic heterocycles. The second kappa shape index (κ2) is 18.3. The number of esters is 2. The van der Waals surface area contributed by atoms with Gasteiger partial charge >= 0.3 is 11.9 Å². The van der Waals surface area contributed by atoms with Gasteiger partial charge < -0.3 is 25.4 Å². The highest BCUT2D eigenvalue weighted by Crippen LogP contribution is 2.39. The minimum Gasteiger partial charge on any atom is -0.465 e. The highest BCUT2D eigenvalue weighted by atomic mass is 32.1. The van der Waals surface area contributed by atoms with Crippen LogP contribution in [-0.4, -0.2) is 68.0 Å². The van der Waals surface area contributed by atoms with E-state index in [-0.39, 0.29) is 30.3 Å². The molecule has 278 valence electrons. The summed E-state index contributed by atoms with van der Waals surface area (Å²) in [5.74, 6) is -1.05. The van der Waals surface area contributed by atoms with Crippen LogP contribution in [0.4, 0.5) is 10.7 Å². The minimum absolute atomic E-state index is 0.193. The van der Waals surface area contributed by atoms with Crippen molar-refractivity contribution in [1.82, 2.24) is 10.2 Å². The Labute approximate surface area is 315 Å². The Morgan fingerprint density at radius 1 is 0.830 bits per heavy atom. The first-order chi connectivity index (χ1) is 25.8. The predicted molar refractivity (Wildman–Crippen MR) is 208 cm³/mol. The van der Waals surface area contributed by atoms with Crippen molar-refractivity contribution >= 4 is 45.8 Å². The van der Waals surface area contributed by atoms with Gasteiger partial charge in [0, 0.05) is 41.8 Å². The summed E-state index contributed by atoms with van der Waals surface area (Å²) in [5.41, 5.74) is 6.66. The molecule has 3 aromatic carbocycles. The standard InChI is InChI=1S/C42H48N4O6S/c1-3-52-37(47)26-43-23-24-46(34-21-22-34)27-30-7-6-8-32(25-30)39(48)45-41-38(35-9-4-5-10-36(35)53-41)40(49)44-33-19-15-29(16-20-33)12-11-28-13-17-31(18-14-28)42(50)51-2/h6-8,13-20,25,34,43H,3-5,9-12,21-24,26-27H2,1-2H3,(H,44,49)(H,45,48). The lowest BCUT2D eigenvalue weighted by molar-refractivity contribution is -0.142. The molecule has 53 heavy (non-hydrogen) atoms. The van der Waals surface area contributed by atoms with Crippen LogP contribution in [0, 0.1) is 0 Å². The van der Waals surface area contributed by atoms with Gasteiger partial charge in [0.25, 0.3) is 11.8 Å². The van der Waals surface area contributed by atoms with Gasteiger partial charge in [-0.15, -0.1) is 11.3 Å². The molecule has 1 heterocycles. The minimum atomic E-state index is -0.348. The van der Waals surface area contributed by atoms with E-state index < -0.39 is 0 Å². The topological polar surface area (TPSA) is 126 Å². The van der Waals surface area contributed by atoms with E-state index in [4.69, 9.17) is 9.47 Å². The molecule has 1 saturated carbocycles. The Kier molecular flexibility index (Phi) is 13.1. The SMILES string of the molecule is CCOC(=O)CNCCN(Cc1cccc(C(=O)Nc2sc3c(c2C(=O)Nc2ccc(CCc4ccc(C(=O)OC)cc4)cc2)CCCC3)c1)C1CC1. The van der Waals surface area contributed by atoms with E-state index in [2.05, 4.69) is 20.9 Å². The number of hydrogen-bond acceptors (Lipinski definition) is 9. The summed E-state index contributed by atoms with van der Waals surface area (Å²) in [4.78, 5) is 54.5. The van der Waals surface area contributed by atoms with E-state index >= 15 is 0 Å². The molecule has 0 saturated heterocycles. The van der Waals surface area contributed by atoms with Crippen LogP contribution in [0.15, 0.2) is 72.8 Å². The molecule has 3 N–H and O–H groups in total. The molecule has 2 aliphatic carbocycles. The average molecular weight is 737 g/mol. The highest BCUT2D eigenvalue weighted by Gasteiger charge is 2.29. The zero-order chi connectivity index (χ0) is 37.2. The predicted octanol–water partition coefficient (Wildman–Crippen LogP) is 6.82. The molecule has 4 aromatic rings. The normalized spacial score (nSPS) is 13.6. The molecule has 0 unspecified atom stereocenters. The van der Waals surface area contributed by atoms with Gasteiger partial charge in [0.05, 0.1) is 31.4 Å². The first kappa shape index (κ1) is 37.9. The Hall–Kier alpha value is -4.84. The lowest BCUT2D eigenvalue weighted by Gasteiger charge is -2.22. The number of rotatable bonds is 17. The van der Waals surface area contributed by atoms with Gasteiger partial charge in [0.15, 0.2) is 0 Å². The lowest BCUT2D eigenvalue weighted by Crippen LogP contribution is -2.35. The number of carbonyl (C=O) groups is 4. The summed E-state index contributed by atoms with van der Waals surface area (Å²) >= 11 is 1.51. The molecular weight excluding hydrogens is 689 g/mol.